The summed E-state index contributed by atoms with van der Waals surface area (Å²) in [7, 11) is 1.89. The predicted octanol–water partition coefficient (Wildman–Crippen LogP) is 5.01. The van der Waals surface area contributed by atoms with Gasteiger partial charge in [0.1, 0.15) is 0 Å². The number of allylic oxidation sites excluding steroid dienone is 1. The number of fused-ring (bicyclic) bond motifs is 5. The first kappa shape index (κ1) is 20.3. The molecular weight excluding hydrogens is 350 g/mol. The molecule has 0 aromatic rings. The average Bonchev–Trinajstić information content (AvgIpc) is 2.99. The molecule has 4 nitrogen and oxygen atoms in total. The van der Waals surface area contributed by atoms with Gasteiger partial charge in [-0.3, -0.25) is 0 Å². The van der Waals surface area contributed by atoms with Crippen LogP contribution in [0.1, 0.15) is 72.1 Å². The number of carbonyl (C=O) groups excluding carboxylic acids is 1. The molecule has 4 aliphatic carbocycles. The standard InChI is InChI=1S/C24H39NO3/c1-5-28-22(27)25(4)15-17-7-9-20-19-8-6-16-14-18(26)10-12-23(16,2)21(19)11-13-24(17,20)3/h6,17-21,26H,5,7-15H2,1-4H3/t17-,18-,19-,20-,21-,23-,24+/m0/s1. The molecule has 4 aliphatic rings. The molecule has 4 rings (SSSR count). The van der Waals surface area contributed by atoms with Crippen molar-refractivity contribution < 1.29 is 14.6 Å². The lowest BCUT2D eigenvalue weighted by Gasteiger charge is -2.58. The Morgan fingerprint density at radius 3 is 2.75 bits per heavy atom. The molecule has 1 amide bonds. The number of carbonyl (C=O) groups is 1. The highest BCUT2D eigenvalue weighted by Crippen LogP contribution is 2.66. The third kappa shape index (κ3) is 3.11. The highest BCUT2D eigenvalue weighted by atomic mass is 16.5. The Morgan fingerprint density at radius 1 is 1.21 bits per heavy atom. The van der Waals surface area contributed by atoms with E-state index in [1.165, 1.54) is 32.1 Å². The van der Waals surface area contributed by atoms with Gasteiger partial charge in [0, 0.05) is 13.6 Å². The summed E-state index contributed by atoms with van der Waals surface area (Å²) in [5.74, 6) is 2.91. The van der Waals surface area contributed by atoms with Gasteiger partial charge in [-0.1, -0.05) is 25.5 Å². The van der Waals surface area contributed by atoms with Gasteiger partial charge in [-0.15, -0.1) is 0 Å². The Labute approximate surface area is 170 Å². The SMILES string of the molecule is CCOC(=O)N(C)C[C@@H]1CC[C@H]2[C@@H]3CC=C4C[C@@H](O)CC[C@]4(C)[C@H]3CC[C@]12C. The van der Waals surface area contributed by atoms with Gasteiger partial charge in [0.05, 0.1) is 12.7 Å². The second kappa shape index (κ2) is 7.34. The minimum atomic E-state index is -0.179. The molecule has 3 saturated carbocycles. The van der Waals surface area contributed by atoms with Crippen LogP contribution in [0.3, 0.4) is 0 Å². The quantitative estimate of drug-likeness (QED) is 0.690. The number of amides is 1. The fourth-order valence-corrected chi connectivity index (χ4v) is 7.69. The minimum Gasteiger partial charge on any atom is -0.450 e. The van der Waals surface area contributed by atoms with E-state index < -0.39 is 0 Å². The molecule has 28 heavy (non-hydrogen) atoms. The molecule has 0 heterocycles. The minimum absolute atomic E-state index is 0.126. The Morgan fingerprint density at radius 2 is 2.00 bits per heavy atom. The molecule has 0 spiro atoms. The first-order valence-corrected chi connectivity index (χ1v) is 11.5. The van der Waals surface area contributed by atoms with Crippen LogP contribution in [0.5, 0.6) is 0 Å². The Balaban J connectivity index is 1.51. The van der Waals surface area contributed by atoms with Crippen LogP contribution in [-0.4, -0.2) is 42.4 Å². The molecule has 3 fully saturated rings. The summed E-state index contributed by atoms with van der Waals surface area (Å²) >= 11 is 0. The van der Waals surface area contributed by atoms with Crippen molar-refractivity contribution in [3.05, 3.63) is 11.6 Å². The monoisotopic (exact) mass is 389 g/mol. The highest BCUT2D eigenvalue weighted by molar-refractivity contribution is 5.67. The molecule has 0 saturated heterocycles. The molecule has 0 aromatic carbocycles. The molecule has 0 aromatic heterocycles. The van der Waals surface area contributed by atoms with Gasteiger partial charge in [-0.05, 0) is 92.8 Å². The largest absolute Gasteiger partial charge is 0.450 e. The van der Waals surface area contributed by atoms with Crippen molar-refractivity contribution in [3.8, 4) is 0 Å². The van der Waals surface area contributed by atoms with Crippen molar-refractivity contribution in [3.63, 3.8) is 0 Å². The van der Waals surface area contributed by atoms with Crippen LogP contribution in [0.2, 0.25) is 0 Å². The van der Waals surface area contributed by atoms with Crippen LogP contribution in [0.25, 0.3) is 0 Å². The number of hydrogen-bond donors (Lipinski definition) is 1. The number of ether oxygens (including phenoxy) is 1. The Hall–Kier alpha value is -1.03. The zero-order valence-electron chi connectivity index (χ0n) is 18.2. The fourth-order valence-electron chi connectivity index (χ4n) is 7.69. The van der Waals surface area contributed by atoms with Crippen molar-refractivity contribution in [2.75, 3.05) is 20.2 Å². The van der Waals surface area contributed by atoms with Gasteiger partial charge < -0.3 is 14.7 Å². The predicted molar refractivity (Wildman–Crippen MR) is 111 cm³/mol. The molecule has 7 atom stereocenters. The van der Waals surface area contributed by atoms with Crippen molar-refractivity contribution in [1.29, 1.82) is 0 Å². The lowest BCUT2D eigenvalue weighted by Crippen LogP contribution is -2.51. The van der Waals surface area contributed by atoms with E-state index in [0.29, 0.717) is 23.4 Å². The van der Waals surface area contributed by atoms with E-state index in [0.717, 1.165) is 43.6 Å². The van der Waals surface area contributed by atoms with E-state index in [1.54, 1.807) is 10.5 Å². The molecule has 0 unspecified atom stereocenters. The summed E-state index contributed by atoms with van der Waals surface area (Å²) < 4.78 is 5.21. The lowest BCUT2D eigenvalue weighted by molar-refractivity contribution is -0.0523. The summed E-state index contributed by atoms with van der Waals surface area (Å²) in [6, 6.07) is 0. The topological polar surface area (TPSA) is 49.8 Å². The zero-order valence-corrected chi connectivity index (χ0v) is 18.2. The van der Waals surface area contributed by atoms with Crippen molar-refractivity contribution in [1.82, 2.24) is 4.90 Å². The van der Waals surface area contributed by atoms with Gasteiger partial charge in [0.25, 0.3) is 0 Å². The molecule has 158 valence electrons. The van der Waals surface area contributed by atoms with E-state index >= 15 is 0 Å². The van der Waals surface area contributed by atoms with Gasteiger partial charge in [-0.2, -0.15) is 0 Å². The third-order valence-electron chi connectivity index (χ3n) is 9.35. The van der Waals surface area contributed by atoms with Gasteiger partial charge in [-0.25, -0.2) is 4.79 Å². The van der Waals surface area contributed by atoms with Crippen LogP contribution in [0.4, 0.5) is 4.79 Å². The molecule has 0 aliphatic heterocycles. The van der Waals surface area contributed by atoms with Gasteiger partial charge in [0.15, 0.2) is 0 Å². The summed E-state index contributed by atoms with van der Waals surface area (Å²) in [4.78, 5) is 13.9. The summed E-state index contributed by atoms with van der Waals surface area (Å²) in [5.41, 5.74) is 2.20. The highest BCUT2D eigenvalue weighted by Gasteiger charge is 2.58. The summed E-state index contributed by atoms with van der Waals surface area (Å²) in [6.45, 7) is 8.14. The van der Waals surface area contributed by atoms with E-state index in [2.05, 4.69) is 19.9 Å². The molecule has 4 heteroatoms. The number of rotatable bonds is 3. The van der Waals surface area contributed by atoms with E-state index in [1.807, 2.05) is 14.0 Å². The molecule has 1 N–H and O–H groups in total. The maximum Gasteiger partial charge on any atom is 0.409 e. The summed E-state index contributed by atoms with van der Waals surface area (Å²) in [6.07, 6.45) is 11.5. The summed E-state index contributed by atoms with van der Waals surface area (Å²) in [5, 5.41) is 10.2. The fraction of sp³-hybridized carbons (Fsp3) is 0.875. The van der Waals surface area contributed by atoms with Crippen molar-refractivity contribution in [2.24, 2.45) is 34.5 Å². The van der Waals surface area contributed by atoms with E-state index in [9.17, 15) is 9.90 Å². The van der Waals surface area contributed by atoms with E-state index in [-0.39, 0.29) is 12.2 Å². The second-order valence-electron chi connectivity index (χ2n) is 10.6. The smallest absolute Gasteiger partial charge is 0.409 e. The normalized spacial score (nSPS) is 44.8. The second-order valence-corrected chi connectivity index (χ2v) is 10.6. The van der Waals surface area contributed by atoms with Crippen LogP contribution < -0.4 is 0 Å². The number of aliphatic hydroxyl groups is 1. The third-order valence-corrected chi connectivity index (χ3v) is 9.35. The van der Waals surface area contributed by atoms with Crippen molar-refractivity contribution >= 4 is 6.09 Å². The first-order chi connectivity index (χ1) is 13.3. The maximum absolute atomic E-state index is 12.1. The Kier molecular flexibility index (Phi) is 5.31. The van der Waals surface area contributed by atoms with Gasteiger partial charge in [0.2, 0.25) is 0 Å². The molecule has 0 radical (unpaired) electrons. The maximum atomic E-state index is 12.1. The number of hydrogen-bond acceptors (Lipinski definition) is 3. The Bertz CT molecular complexity index is 646. The average molecular weight is 390 g/mol. The van der Waals surface area contributed by atoms with Crippen LogP contribution >= 0.6 is 0 Å². The molecule has 0 bridgehead atoms. The van der Waals surface area contributed by atoms with Crippen LogP contribution in [0.15, 0.2) is 11.6 Å². The first-order valence-electron chi connectivity index (χ1n) is 11.5. The number of nitrogens with zero attached hydrogens (tertiary/aromatic N) is 1. The van der Waals surface area contributed by atoms with Crippen LogP contribution in [-0.2, 0) is 4.74 Å². The number of aliphatic hydroxyl groups excluding tert-OH is 1. The molecular formula is C24H39NO3. The van der Waals surface area contributed by atoms with Crippen LogP contribution in [0, 0.1) is 34.5 Å². The van der Waals surface area contributed by atoms with Crippen molar-refractivity contribution in [2.45, 2.75) is 78.2 Å². The van der Waals surface area contributed by atoms with Gasteiger partial charge >= 0.3 is 6.09 Å². The van der Waals surface area contributed by atoms with E-state index in [4.69, 9.17) is 4.74 Å². The zero-order chi connectivity index (χ0) is 20.1. The lowest BCUT2D eigenvalue weighted by atomic mass is 9.47.